The van der Waals surface area contributed by atoms with Gasteiger partial charge in [-0.1, -0.05) is 12.1 Å². The zero-order valence-corrected chi connectivity index (χ0v) is 6.00. The summed E-state index contributed by atoms with van der Waals surface area (Å²) in [7, 11) is 0. The first-order chi connectivity index (χ1) is 3.43. The maximum atomic E-state index is 3.22. The fraction of sp³-hybridized carbons (Fsp3) is 0. The van der Waals surface area contributed by atoms with Crippen LogP contribution in [0.5, 0.6) is 0 Å². The van der Waals surface area contributed by atoms with Crippen molar-refractivity contribution in [3.05, 3.63) is 17.5 Å². The molecule has 35 valence electrons. The van der Waals surface area contributed by atoms with Crippen LogP contribution in [0.4, 0.5) is 0 Å². The van der Waals surface area contributed by atoms with Gasteiger partial charge in [0.15, 0.2) is 0 Å². The van der Waals surface area contributed by atoms with Crippen LogP contribution in [-0.2, 0) is 0 Å². The average Bonchev–Trinajstić information content (AvgIpc) is 2.14. The second kappa shape index (κ2) is 2.53. The lowest BCUT2D eigenvalue weighted by Crippen LogP contribution is -1.98. The molecule has 1 heterocycles. The highest BCUT2D eigenvalue weighted by atomic mass is 79.9. The minimum atomic E-state index is 1.26. The molecule has 0 amide bonds. The van der Waals surface area contributed by atoms with Gasteiger partial charge in [-0.3, -0.25) is 0 Å². The zero-order valence-electron chi connectivity index (χ0n) is 3.60. The van der Waals surface area contributed by atoms with Gasteiger partial charge in [-0.15, -0.1) is 0 Å². The van der Waals surface area contributed by atoms with Crippen LogP contribution >= 0.6 is 27.1 Å². The summed E-state index contributed by atoms with van der Waals surface area (Å²) in [5.74, 6) is 0. The number of halogens is 1. The third-order valence-corrected chi connectivity index (χ3v) is 2.27. The van der Waals surface area contributed by atoms with Crippen molar-refractivity contribution in [3.8, 4) is 0 Å². The first-order valence-corrected chi connectivity index (χ1v) is 3.70. The molecule has 0 aliphatic heterocycles. The SMILES string of the molecule is Br[B]c1cccs1. The van der Waals surface area contributed by atoms with Crippen molar-refractivity contribution in [1.82, 2.24) is 0 Å². The molecule has 1 aromatic heterocycles. The topological polar surface area (TPSA) is 0 Å². The predicted octanol–water partition coefficient (Wildman–Crippen LogP) is 1.39. The smallest absolute Gasteiger partial charge is 0.158 e. The summed E-state index contributed by atoms with van der Waals surface area (Å²) in [6, 6.07) is 4.08. The molecule has 1 radical (unpaired) electrons. The summed E-state index contributed by atoms with van der Waals surface area (Å²) in [6.07, 6.45) is 1.91. The van der Waals surface area contributed by atoms with Gasteiger partial charge >= 0.3 is 0 Å². The highest BCUT2D eigenvalue weighted by Gasteiger charge is 1.87. The van der Waals surface area contributed by atoms with Crippen molar-refractivity contribution < 1.29 is 0 Å². The van der Waals surface area contributed by atoms with Gasteiger partial charge < -0.3 is 0 Å². The molecule has 0 nitrogen and oxygen atoms in total. The van der Waals surface area contributed by atoms with E-state index in [-0.39, 0.29) is 0 Å². The predicted molar refractivity (Wildman–Crippen MR) is 38.6 cm³/mol. The first kappa shape index (κ1) is 5.38. The minimum Gasteiger partial charge on any atom is -0.158 e. The lowest BCUT2D eigenvalue weighted by molar-refractivity contribution is 2.07. The Bertz CT molecular complexity index is 126. The lowest BCUT2D eigenvalue weighted by atomic mass is 10.1. The fourth-order valence-corrected chi connectivity index (χ4v) is 1.35. The van der Waals surface area contributed by atoms with Crippen molar-refractivity contribution in [1.29, 1.82) is 0 Å². The number of rotatable bonds is 1. The van der Waals surface area contributed by atoms with E-state index in [0.717, 1.165) is 0 Å². The summed E-state index contributed by atoms with van der Waals surface area (Å²) in [4.78, 5) is 0. The highest BCUT2D eigenvalue weighted by molar-refractivity contribution is 9.23. The van der Waals surface area contributed by atoms with E-state index in [1.54, 1.807) is 11.3 Å². The van der Waals surface area contributed by atoms with Crippen molar-refractivity contribution >= 4 is 38.0 Å². The van der Waals surface area contributed by atoms with Gasteiger partial charge in [0.1, 0.15) is 0 Å². The molecular weight excluding hydrogens is 171 g/mol. The number of hydrogen-bond donors (Lipinski definition) is 0. The summed E-state index contributed by atoms with van der Waals surface area (Å²) >= 11 is 4.94. The Morgan fingerprint density at radius 1 is 1.71 bits per heavy atom. The van der Waals surface area contributed by atoms with E-state index in [1.807, 2.05) is 17.5 Å². The Morgan fingerprint density at radius 3 is 2.86 bits per heavy atom. The van der Waals surface area contributed by atoms with E-state index in [2.05, 4.69) is 21.8 Å². The number of hydrogen-bond acceptors (Lipinski definition) is 1. The van der Waals surface area contributed by atoms with Crippen LogP contribution in [0.1, 0.15) is 0 Å². The van der Waals surface area contributed by atoms with Gasteiger partial charge in [-0.25, -0.2) is 0 Å². The molecule has 0 saturated heterocycles. The molecule has 0 N–H and O–H groups in total. The third-order valence-electron chi connectivity index (χ3n) is 0.651. The Morgan fingerprint density at radius 2 is 2.57 bits per heavy atom. The Balaban J connectivity index is 2.76. The first-order valence-electron chi connectivity index (χ1n) is 1.90. The van der Waals surface area contributed by atoms with E-state index >= 15 is 0 Å². The van der Waals surface area contributed by atoms with E-state index < -0.39 is 0 Å². The molecule has 1 rings (SSSR count). The maximum absolute atomic E-state index is 3.22. The summed E-state index contributed by atoms with van der Waals surface area (Å²) < 4.78 is 1.26. The van der Waals surface area contributed by atoms with Crippen LogP contribution in [-0.4, -0.2) is 6.10 Å². The van der Waals surface area contributed by atoms with Crippen molar-refractivity contribution in [3.63, 3.8) is 0 Å². The normalized spacial score (nSPS) is 8.71. The van der Waals surface area contributed by atoms with Crippen LogP contribution in [0.15, 0.2) is 17.5 Å². The molecule has 0 saturated carbocycles. The largest absolute Gasteiger partial charge is 0.257 e. The summed E-state index contributed by atoms with van der Waals surface area (Å²) in [5, 5.41) is 2.05. The quantitative estimate of drug-likeness (QED) is 0.564. The van der Waals surface area contributed by atoms with E-state index in [4.69, 9.17) is 0 Å². The van der Waals surface area contributed by atoms with Gasteiger partial charge in [0.05, 0.1) is 0 Å². The second-order valence-corrected chi connectivity index (χ2v) is 2.56. The molecule has 0 spiro atoms. The third kappa shape index (κ3) is 1.32. The summed E-state index contributed by atoms with van der Waals surface area (Å²) in [5.41, 5.74) is 0. The molecule has 7 heavy (non-hydrogen) atoms. The molecule has 1 aromatic rings. The Labute approximate surface area is 55.8 Å². The van der Waals surface area contributed by atoms with Gasteiger partial charge in [0, 0.05) is 0 Å². The van der Waals surface area contributed by atoms with Gasteiger partial charge in [-0.05, 0) is 10.2 Å². The highest BCUT2D eigenvalue weighted by Crippen LogP contribution is 1.92. The molecule has 0 unspecified atom stereocenters. The van der Waals surface area contributed by atoms with Gasteiger partial charge in [-0.2, -0.15) is 27.1 Å². The molecule has 0 fully saturated rings. The Kier molecular flexibility index (Phi) is 1.94. The van der Waals surface area contributed by atoms with Crippen molar-refractivity contribution in [2.45, 2.75) is 0 Å². The van der Waals surface area contributed by atoms with Gasteiger partial charge in [0.25, 0.3) is 6.10 Å². The lowest BCUT2D eigenvalue weighted by Gasteiger charge is -1.74. The molecular formula is C4H3BBrS. The molecule has 0 bridgehead atoms. The van der Waals surface area contributed by atoms with Crippen LogP contribution in [0.2, 0.25) is 0 Å². The van der Waals surface area contributed by atoms with Crippen LogP contribution < -0.4 is 4.78 Å². The van der Waals surface area contributed by atoms with Gasteiger partial charge in [0.2, 0.25) is 0 Å². The zero-order chi connectivity index (χ0) is 5.11. The van der Waals surface area contributed by atoms with Crippen LogP contribution in [0.3, 0.4) is 0 Å². The van der Waals surface area contributed by atoms with E-state index in [1.165, 1.54) is 4.78 Å². The summed E-state index contributed by atoms with van der Waals surface area (Å²) in [6.45, 7) is 0. The Hall–Kier alpha value is 0.245. The van der Waals surface area contributed by atoms with Crippen molar-refractivity contribution in [2.75, 3.05) is 0 Å². The second-order valence-electron chi connectivity index (χ2n) is 1.12. The van der Waals surface area contributed by atoms with Crippen LogP contribution in [0, 0.1) is 0 Å². The van der Waals surface area contributed by atoms with Crippen molar-refractivity contribution in [2.24, 2.45) is 0 Å². The molecule has 0 aliphatic carbocycles. The molecule has 0 aliphatic rings. The molecule has 0 aromatic carbocycles. The fourth-order valence-electron chi connectivity index (χ4n) is 0.353. The maximum Gasteiger partial charge on any atom is 0.257 e. The van der Waals surface area contributed by atoms with Crippen LogP contribution in [0.25, 0.3) is 0 Å². The van der Waals surface area contributed by atoms with E-state index in [9.17, 15) is 0 Å². The standard InChI is InChI=1S/C4H3BBrS/c6-5-4-2-1-3-7-4/h1-3H. The molecule has 3 heteroatoms. The number of thiophene rings is 1. The average molecular weight is 174 g/mol. The van der Waals surface area contributed by atoms with E-state index in [0.29, 0.717) is 0 Å². The minimum absolute atomic E-state index is 1.26. The monoisotopic (exact) mass is 173 g/mol. The molecule has 0 atom stereocenters.